The van der Waals surface area contributed by atoms with Crippen molar-refractivity contribution in [3.8, 4) is 0 Å². The molecule has 3 aliphatic rings. The molecule has 0 aromatic heterocycles. The Morgan fingerprint density at radius 3 is 2.52 bits per heavy atom. The molecule has 4 rings (SSSR count). The van der Waals surface area contributed by atoms with Crippen molar-refractivity contribution >= 4 is 29.2 Å². The van der Waals surface area contributed by atoms with Crippen LogP contribution in [0, 0.1) is 5.41 Å². The van der Waals surface area contributed by atoms with Crippen molar-refractivity contribution in [3.63, 3.8) is 0 Å². The van der Waals surface area contributed by atoms with Crippen LogP contribution in [-0.2, 0) is 20.7 Å². The average molecular weight is 344 g/mol. The van der Waals surface area contributed by atoms with Crippen molar-refractivity contribution in [1.29, 1.82) is 0 Å². The molecule has 0 bridgehead atoms. The number of amides is 4. The number of urea groups is 1. The van der Waals surface area contributed by atoms with Gasteiger partial charge in [-0.25, -0.2) is 4.79 Å². The van der Waals surface area contributed by atoms with E-state index < -0.39 is 29.3 Å². The van der Waals surface area contributed by atoms with Gasteiger partial charge in [0.15, 0.2) is 5.41 Å². The summed E-state index contributed by atoms with van der Waals surface area (Å²) in [6, 6.07) is 4.49. The Morgan fingerprint density at radius 2 is 1.84 bits per heavy atom. The zero-order valence-corrected chi connectivity index (χ0v) is 14.2. The van der Waals surface area contributed by atoms with Crippen LogP contribution in [0.25, 0.3) is 0 Å². The third-order valence-corrected chi connectivity index (χ3v) is 5.53. The molecule has 2 N–H and O–H groups in total. The highest BCUT2D eigenvalue weighted by Gasteiger charge is 2.63. The molecule has 2 fully saturated rings. The predicted molar refractivity (Wildman–Crippen MR) is 89.9 cm³/mol. The summed E-state index contributed by atoms with van der Waals surface area (Å²) in [7, 11) is 2.83. The maximum absolute atomic E-state index is 13.2. The van der Waals surface area contributed by atoms with Gasteiger partial charge < -0.3 is 15.4 Å². The van der Waals surface area contributed by atoms with Crippen molar-refractivity contribution in [2.24, 2.45) is 5.41 Å². The van der Waals surface area contributed by atoms with Crippen LogP contribution in [0.5, 0.6) is 0 Å². The third-order valence-electron chi connectivity index (χ3n) is 5.53. The van der Waals surface area contributed by atoms with Gasteiger partial charge in [-0.05, 0) is 30.2 Å². The second-order valence-corrected chi connectivity index (χ2v) is 6.83. The number of nitrogens with zero attached hydrogens (tertiary/aromatic N) is 3. The van der Waals surface area contributed by atoms with Crippen LogP contribution in [0.2, 0.25) is 0 Å². The number of carbonyl (C=O) groups is 3. The number of hydrogen-bond acceptors (Lipinski definition) is 6. The topological polar surface area (TPSA) is 96.2 Å². The smallest absolute Gasteiger partial charge is 0.332 e. The second-order valence-electron chi connectivity index (χ2n) is 6.83. The summed E-state index contributed by atoms with van der Waals surface area (Å²) in [5.41, 5.74) is 6.94. The minimum Gasteiger partial charge on any atom is -0.399 e. The summed E-state index contributed by atoms with van der Waals surface area (Å²) >= 11 is 0. The van der Waals surface area contributed by atoms with Gasteiger partial charge in [0.1, 0.15) is 0 Å². The largest absolute Gasteiger partial charge is 0.399 e. The summed E-state index contributed by atoms with van der Waals surface area (Å²) in [6.07, 6.45) is 0.206. The van der Waals surface area contributed by atoms with E-state index in [2.05, 4.69) is 4.90 Å². The van der Waals surface area contributed by atoms with E-state index in [0.29, 0.717) is 18.8 Å². The van der Waals surface area contributed by atoms with Gasteiger partial charge in [0, 0.05) is 32.0 Å². The molecule has 3 heterocycles. The molecule has 0 aliphatic carbocycles. The van der Waals surface area contributed by atoms with E-state index >= 15 is 0 Å². The van der Waals surface area contributed by atoms with Crippen LogP contribution in [-0.4, -0.2) is 67.5 Å². The molecule has 8 heteroatoms. The quantitative estimate of drug-likeness (QED) is 0.528. The van der Waals surface area contributed by atoms with Crippen molar-refractivity contribution < 1.29 is 19.1 Å². The zero-order valence-electron chi connectivity index (χ0n) is 14.2. The van der Waals surface area contributed by atoms with Gasteiger partial charge in [-0.1, -0.05) is 0 Å². The molecule has 2 saturated heterocycles. The summed E-state index contributed by atoms with van der Waals surface area (Å²) < 4.78 is 5.61. The van der Waals surface area contributed by atoms with Crippen LogP contribution in [0.3, 0.4) is 0 Å². The van der Waals surface area contributed by atoms with Crippen LogP contribution < -0.4 is 10.6 Å². The fraction of sp³-hybridized carbons (Fsp3) is 0.471. The number of carbonyl (C=O) groups excluding carboxylic acids is 3. The number of ether oxygens (including phenoxy) is 1. The van der Waals surface area contributed by atoms with Crippen LogP contribution >= 0.6 is 0 Å². The van der Waals surface area contributed by atoms with E-state index in [9.17, 15) is 14.4 Å². The van der Waals surface area contributed by atoms with Gasteiger partial charge in [0.2, 0.25) is 11.8 Å². The number of nitrogen functional groups attached to an aromatic ring is 1. The number of benzene rings is 1. The van der Waals surface area contributed by atoms with Crippen molar-refractivity contribution in [2.45, 2.75) is 12.5 Å². The Bertz CT molecular complexity index is 769. The van der Waals surface area contributed by atoms with E-state index in [1.54, 1.807) is 6.07 Å². The molecule has 1 spiro atoms. The molecule has 132 valence electrons. The second kappa shape index (κ2) is 5.19. The van der Waals surface area contributed by atoms with Crippen molar-refractivity contribution in [1.82, 2.24) is 9.80 Å². The lowest BCUT2D eigenvalue weighted by molar-refractivity contribution is -0.161. The molecule has 1 aromatic rings. The summed E-state index contributed by atoms with van der Waals surface area (Å²) in [5.74, 6) is -0.955. The molecule has 3 aliphatic heterocycles. The molecule has 8 nitrogen and oxygen atoms in total. The maximum Gasteiger partial charge on any atom is 0.332 e. The fourth-order valence-corrected chi connectivity index (χ4v) is 4.27. The minimum absolute atomic E-state index is 0.206. The molecule has 1 unspecified atom stereocenters. The van der Waals surface area contributed by atoms with Gasteiger partial charge in [-0.3, -0.25) is 19.4 Å². The van der Waals surface area contributed by atoms with E-state index in [1.165, 1.54) is 14.1 Å². The predicted octanol–water partition coefficient (Wildman–Crippen LogP) is 0.0669. The van der Waals surface area contributed by atoms with Crippen LogP contribution in [0.1, 0.15) is 5.56 Å². The number of fused-ring (bicyclic) bond motifs is 4. The highest BCUT2D eigenvalue weighted by atomic mass is 16.5. The average Bonchev–Trinajstić information content (AvgIpc) is 2.63. The molecule has 0 radical (unpaired) electrons. The Kier molecular flexibility index (Phi) is 3.30. The molecule has 1 atom stereocenters. The van der Waals surface area contributed by atoms with Crippen molar-refractivity contribution in [3.05, 3.63) is 23.8 Å². The van der Waals surface area contributed by atoms with E-state index in [-0.39, 0.29) is 13.0 Å². The van der Waals surface area contributed by atoms with E-state index in [1.807, 2.05) is 12.1 Å². The zero-order chi connectivity index (χ0) is 17.9. The summed E-state index contributed by atoms with van der Waals surface area (Å²) in [5, 5.41) is 0. The lowest BCUT2D eigenvalue weighted by atomic mass is 9.68. The number of nitrogens with two attached hydrogens (primary N) is 1. The number of morpholine rings is 1. The van der Waals surface area contributed by atoms with Gasteiger partial charge in [0.05, 0.1) is 19.3 Å². The Labute approximate surface area is 145 Å². The lowest BCUT2D eigenvalue weighted by Crippen LogP contribution is -2.73. The monoisotopic (exact) mass is 344 g/mol. The number of hydrogen-bond donors (Lipinski definition) is 1. The highest BCUT2D eigenvalue weighted by molar-refractivity contribution is 6.20. The van der Waals surface area contributed by atoms with Gasteiger partial charge in [-0.2, -0.15) is 0 Å². The third kappa shape index (κ3) is 1.94. The SMILES string of the molecule is CN1C(=O)N(C)C(=O)C2(Cc3cc(N)ccc3N3CCOCC32)C1=O. The summed E-state index contributed by atoms with van der Waals surface area (Å²) in [6.45, 7) is 1.35. The lowest BCUT2D eigenvalue weighted by Gasteiger charge is -2.54. The first-order valence-electron chi connectivity index (χ1n) is 8.21. The molecule has 0 saturated carbocycles. The van der Waals surface area contributed by atoms with Crippen molar-refractivity contribution in [2.75, 3.05) is 44.5 Å². The fourth-order valence-electron chi connectivity index (χ4n) is 4.27. The maximum atomic E-state index is 13.2. The molecule has 1 aromatic carbocycles. The first kappa shape index (κ1) is 15.9. The summed E-state index contributed by atoms with van der Waals surface area (Å²) in [4.78, 5) is 42.6. The minimum atomic E-state index is -1.38. The molecular weight excluding hydrogens is 324 g/mol. The van der Waals surface area contributed by atoms with Gasteiger partial charge >= 0.3 is 6.03 Å². The van der Waals surface area contributed by atoms with Crippen LogP contribution in [0.15, 0.2) is 18.2 Å². The Morgan fingerprint density at radius 1 is 1.16 bits per heavy atom. The number of barbiturate groups is 1. The van der Waals surface area contributed by atoms with E-state index in [4.69, 9.17) is 10.5 Å². The number of rotatable bonds is 0. The normalized spacial score (nSPS) is 25.3. The first-order chi connectivity index (χ1) is 11.9. The van der Waals surface area contributed by atoms with Gasteiger partial charge in [0.25, 0.3) is 0 Å². The molecule has 25 heavy (non-hydrogen) atoms. The number of anilines is 2. The molecular formula is C17H20N4O4. The van der Waals surface area contributed by atoms with Crippen LogP contribution in [0.4, 0.5) is 16.2 Å². The highest BCUT2D eigenvalue weighted by Crippen LogP contribution is 2.46. The standard InChI is InChI=1S/C17H20N4O4/c1-19-14(22)17(15(23)20(2)16(19)24)8-10-7-11(18)3-4-12(10)21-5-6-25-9-13(17)21/h3-4,7,13H,5-6,8-9,18H2,1-2H3. The Balaban J connectivity index is 1.92. The molecule has 4 amide bonds. The van der Waals surface area contributed by atoms with Gasteiger partial charge in [-0.15, -0.1) is 0 Å². The first-order valence-corrected chi connectivity index (χ1v) is 8.21. The number of imide groups is 2. The Hall–Kier alpha value is -2.61. The van der Waals surface area contributed by atoms with E-state index in [0.717, 1.165) is 21.1 Å².